The van der Waals surface area contributed by atoms with E-state index in [0.29, 0.717) is 23.7 Å². The van der Waals surface area contributed by atoms with Gasteiger partial charge in [0.2, 0.25) is 5.91 Å². The molecule has 2 heterocycles. The van der Waals surface area contributed by atoms with E-state index in [0.717, 1.165) is 54.5 Å². The lowest BCUT2D eigenvalue weighted by molar-refractivity contribution is -0.117. The zero-order valence-corrected chi connectivity index (χ0v) is 20.5. The Morgan fingerprint density at radius 1 is 1.06 bits per heavy atom. The molecule has 0 atom stereocenters. The van der Waals surface area contributed by atoms with Crippen LogP contribution in [-0.4, -0.2) is 46.1 Å². The molecule has 2 aromatic heterocycles. The number of pyridine rings is 1. The zero-order chi connectivity index (χ0) is 25.1. The summed E-state index contributed by atoms with van der Waals surface area (Å²) in [6.45, 7) is 2.48. The van der Waals surface area contributed by atoms with Crippen LogP contribution in [0, 0.1) is 12.8 Å². The fraction of sp³-hybridized carbons (Fsp3) is 0.370. The third kappa shape index (κ3) is 5.68. The molecule has 1 aromatic carbocycles. The number of anilines is 2. The summed E-state index contributed by atoms with van der Waals surface area (Å²) in [6.07, 6.45) is 7.87. The summed E-state index contributed by atoms with van der Waals surface area (Å²) in [5.74, 6) is 0.607. The third-order valence-electron chi connectivity index (χ3n) is 6.79. The van der Waals surface area contributed by atoms with Crippen molar-refractivity contribution in [3.05, 3.63) is 54.6 Å². The van der Waals surface area contributed by atoms with Gasteiger partial charge in [-0.1, -0.05) is 18.2 Å². The van der Waals surface area contributed by atoms with Gasteiger partial charge in [-0.15, -0.1) is 0 Å². The van der Waals surface area contributed by atoms with Crippen LogP contribution in [0.1, 0.15) is 37.8 Å². The van der Waals surface area contributed by atoms with Crippen molar-refractivity contribution in [3.8, 4) is 22.4 Å². The topological polar surface area (TPSA) is 118 Å². The quantitative estimate of drug-likeness (QED) is 0.408. The number of methoxy groups -OCH3 is 1. The molecule has 2 fully saturated rings. The Hall–Kier alpha value is -3.85. The number of ether oxygens (including phenoxy) is 1. The normalized spacial score (nSPS) is 15.7. The summed E-state index contributed by atoms with van der Waals surface area (Å²) in [5, 5.41) is 8.64. The van der Waals surface area contributed by atoms with E-state index >= 15 is 0 Å². The molecule has 0 unspecified atom stereocenters. The van der Waals surface area contributed by atoms with Crippen molar-refractivity contribution in [3.63, 3.8) is 0 Å². The summed E-state index contributed by atoms with van der Waals surface area (Å²) >= 11 is 0. The average molecular weight is 487 g/mol. The molecule has 36 heavy (non-hydrogen) atoms. The molecule has 9 nitrogen and oxygen atoms in total. The molecule has 5 rings (SSSR count). The smallest absolute Gasteiger partial charge is 0.319 e. The standard InChI is InChI=1S/C27H30N6O3/c1-17-22(13-21(15-29-17)32-26(35)28-11-10-27(36-2)8-9-27)19-4-3-5-20(12-19)23-14-24(31-16-30-23)33-25(34)18-6-7-18/h3-5,12-16,18H,6-11H2,1-2H3,(H2,28,32,35)(H,30,31,33,34). The molecule has 9 heteroatoms. The maximum atomic E-state index is 12.4. The number of hydrogen-bond acceptors (Lipinski definition) is 6. The second-order valence-electron chi connectivity index (χ2n) is 9.51. The van der Waals surface area contributed by atoms with Crippen LogP contribution in [0.3, 0.4) is 0 Å². The minimum absolute atomic E-state index is 0.00851. The van der Waals surface area contributed by atoms with Gasteiger partial charge in [0.1, 0.15) is 12.1 Å². The number of aromatic nitrogens is 3. The van der Waals surface area contributed by atoms with Crippen molar-refractivity contribution in [1.82, 2.24) is 20.3 Å². The van der Waals surface area contributed by atoms with Gasteiger partial charge in [0, 0.05) is 42.5 Å². The van der Waals surface area contributed by atoms with E-state index in [1.165, 1.54) is 6.33 Å². The number of urea groups is 1. The highest BCUT2D eigenvalue weighted by Crippen LogP contribution is 2.41. The number of amides is 3. The predicted molar refractivity (Wildman–Crippen MR) is 137 cm³/mol. The van der Waals surface area contributed by atoms with Gasteiger partial charge in [0.05, 0.1) is 23.2 Å². The van der Waals surface area contributed by atoms with E-state index in [2.05, 4.69) is 30.9 Å². The van der Waals surface area contributed by atoms with Crippen LogP contribution in [0.5, 0.6) is 0 Å². The summed E-state index contributed by atoms with van der Waals surface area (Å²) < 4.78 is 5.50. The molecule has 2 aliphatic carbocycles. The molecule has 0 bridgehead atoms. The third-order valence-corrected chi connectivity index (χ3v) is 6.79. The minimum Gasteiger partial charge on any atom is -0.378 e. The number of benzene rings is 1. The van der Waals surface area contributed by atoms with Crippen LogP contribution in [-0.2, 0) is 9.53 Å². The number of nitrogens with one attached hydrogen (secondary N) is 3. The second kappa shape index (κ2) is 10.0. The maximum absolute atomic E-state index is 12.4. The SMILES string of the molecule is COC1(CCNC(=O)Nc2cnc(C)c(-c3cccc(-c4cc(NC(=O)C5CC5)ncn4)c3)c2)CC1. The molecule has 2 saturated carbocycles. The lowest BCUT2D eigenvalue weighted by Crippen LogP contribution is -2.32. The zero-order valence-electron chi connectivity index (χ0n) is 20.5. The Morgan fingerprint density at radius 2 is 1.86 bits per heavy atom. The van der Waals surface area contributed by atoms with Gasteiger partial charge in [-0.3, -0.25) is 9.78 Å². The maximum Gasteiger partial charge on any atom is 0.319 e. The van der Waals surface area contributed by atoms with Gasteiger partial charge in [0.25, 0.3) is 0 Å². The van der Waals surface area contributed by atoms with Crippen LogP contribution < -0.4 is 16.0 Å². The van der Waals surface area contributed by atoms with Crippen LogP contribution >= 0.6 is 0 Å². The molecule has 186 valence electrons. The summed E-state index contributed by atoms with van der Waals surface area (Å²) in [6, 6.07) is 11.3. The van der Waals surface area contributed by atoms with Crippen molar-refractivity contribution >= 4 is 23.4 Å². The molecule has 0 saturated heterocycles. The van der Waals surface area contributed by atoms with E-state index in [4.69, 9.17) is 4.74 Å². The average Bonchev–Trinajstić information content (AvgIpc) is 3.81. The highest BCUT2D eigenvalue weighted by molar-refractivity contribution is 5.93. The highest BCUT2D eigenvalue weighted by Gasteiger charge is 2.42. The first-order chi connectivity index (χ1) is 17.4. The Kier molecular flexibility index (Phi) is 6.65. The second-order valence-corrected chi connectivity index (χ2v) is 9.51. The molecule has 3 aromatic rings. The number of aryl methyl sites for hydroxylation is 1. The van der Waals surface area contributed by atoms with E-state index < -0.39 is 0 Å². The van der Waals surface area contributed by atoms with Crippen LogP contribution in [0.25, 0.3) is 22.4 Å². The first-order valence-corrected chi connectivity index (χ1v) is 12.3. The number of nitrogens with zero attached hydrogens (tertiary/aromatic N) is 3. The molecular formula is C27H30N6O3. The van der Waals surface area contributed by atoms with E-state index in [9.17, 15) is 9.59 Å². The molecule has 0 spiro atoms. The Balaban J connectivity index is 1.28. The first kappa shape index (κ1) is 23.9. The molecule has 3 N–H and O–H groups in total. The number of hydrogen-bond donors (Lipinski definition) is 3. The van der Waals surface area contributed by atoms with E-state index in [-0.39, 0.29) is 23.5 Å². The van der Waals surface area contributed by atoms with Crippen LogP contribution in [0.4, 0.5) is 16.3 Å². The van der Waals surface area contributed by atoms with Crippen molar-refractivity contribution in [2.45, 2.75) is 44.6 Å². The highest BCUT2D eigenvalue weighted by atomic mass is 16.5. The van der Waals surface area contributed by atoms with Crippen molar-refractivity contribution in [1.29, 1.82) is 0 Å². The van der Waals surface area contributed by atoms with Crippen LogP contribution in [0.2, 0.25) is 0 Å². The van der Waals surface area contributed by atoms with E-state index in [1.807, 2.05) is 37.3 Å². The van der Waals surface area contributed by atoms with Gasteiger partial charge < -0.3 is 20.7 Å². The van der Waals surface area contributed by atoms with E-state index in [1.54, 1.807) is 19.4 Å². The molecule has 0 aliphatic heterocycles. The lowest BCUT2D eigenvalue weighted by Gasteiger charge is -2.14. The molecule has 2 aliphatic rings. The Labute approximate surface area is 210 Å². The van der Waals surface area contributed by atoms with Crippen LogP contribution in [0.15, 0.2) is 48.9 Å². The number of carbonyl (C=O) groups excluding carboxylic acids is 2. The summed E-state index contributed by atoms with van der Waals surface area (Å²) in [7, 11) is 1.72. The monoisotopic (exact) mass is 486 g/mol. The summed E-state index contributed by atoms with van der Waals surface area (Å²) in [4.78, 5) is 37.6. The van der Waals surface area contributed by atoms with Crippen molar-refractivity contribution < 1.29 is 14.3 Å². The Bertz CT molecular complexity index is 1290. The fourth-order valence-electron chi connectivity index (χ4n) is 4.17. The number of carbonyl (C=O) groups is 2. The van der Waals surface area contributed by atoms with Gasteiger partial charge in [-0.25, -0.2) is 14.8 Å². The Morgan fingerprint density at radius 3 is 2.61 bits per heavy atom. The van der Waals surface area contributed by atoms with Crippen molar-refractivity contribution in [2.75, 3.05) is 24.3 Å². The lowest BCUT2D eigenvalue weighted by atomic mass is 10.0. The fourth-order valence-corrected chi connectivity index (χ4v) is 4.17. The van der Waals surface area contributed by atoms with Gasteiger partial charge >= 0.3 is 6.03 Å². The molecular weight excluding hydrogens is 456 g/mol. The number of rotatable bonds is 9. The largest absolute Gasteiger partial charge is 0.378 e. The molecule has 0 radical (unpaired) electrons. The first-order valence-electron chi connectivity index (χ1n) is 12.3. The van der Waals surface area contributed by atoms with Gasteiger partial charge in [-0.2, -0.15) is 0 Å². The summed E-state index contributed by atoms with van der Waals surface area (Å²) in [5.41, 5.74) is 4.85. The van der Waals surface area contributed by atoms with Gasteiger partial charge in [-0.05, 0) is 56.7 Å². The van der Waals surface area contributed by atoms with Gasteiger partial charge in [0.15, 0.2) is 0 Å². The van der Waals surface area contributed by atoms with Crippen molar-refractivity contribution in [2.24, 2.45) is 5.92 Å². The minimum atomic E-state index is -0.269. The predicted octanol–water partition coefficient (Wildman–Crippen LogP) is 4.55. The molecule has 3 amide bonds.